The van der Waals surface area contributed by atoms with E-state index in [0.717, 1.165) is 12.0 Å². The first kappa shape index (κ1) is 18.4. The third kappa shape index (κ3) is 6.78. The van der Waals surface area contributed by atoms with Crippen molar-refractivity contribution in [3.8, 4) is 0 Å². The van der Waals surface area contributed by atoms with Crippen molar-refractivity contribution in [1.82, 2.24) is 15.0 Å². The lowest BCUT2D eigenvalue weighted by atomic mass is 10.2. The van der Waals surface area contributed by atoms with E-state index in [1.165, 1.54) is 0 Å². The average Bonchev–Trinajstić information content (AvgIpc) is 2.45. The molecule has 0 bridgehead atoms. The van der Waals surface area contributed by atoms with E-state index in [2.05, 4.69) is 35.8 Å². The molecule has 0 saturated carbocycles. The third-order valence-corrected chi connectivity index (χ3v) is 5.45. The fraction of sp³-hybridized carbons (Fsp3) is 0.643. The highest BCUT2D eigenvalue weighted by molar-refractivity contribution is 7.99. The summed E-state index contributed by atoms with van der Waals surface area (Å²) >= 11 is 1.72. The van der Waals surface area contributed by atoms with Crippen LogP contribution >= 0.6 is 11.8 Å². The maximum absolute atomic E-state index is 12.1. The highest BCUT2D eigenvalue weighted by atomic mass is 32.2. The number of thioether (sulfide) groups is 1. The summed E-state index contributed by atoms with van der Waals surface area (Å²) < 4.78 is 26.8. The normalized spacial score (nSPS) is 13.6. The molecule has 0 aliphatic rings. The van der Waals surface area contributed by atoms with Crippen molar-refractivity contribution >= 4 is 21.8 Å². The largest absolute Gasteiger partial charge is 0.310 e. The van der Waals surface area contributed by atoms with E-state index < -0.39 is 10.0 Å². The number of nitrogens with one attached hydrogen (secondary N) is 2. The van der Waals surface area contributed by atoms with E-state index >= 15 is 0 Å². The van der Waals surface area contributed by atoms with Gasteiger partial charge in [-0.1, -0.05) is 26.8 Å². The van der Waals surface area contributed by atoms with Gasteiger partial charge in [0.15, 0.2) is 5.03 Å². The highest BCUT2D eigenvalue weighted by Crippen LogP contribution is 2.10. The standard InChI is InChI=1S/C14H25N3O2S2/c1-11(2)15-9-13-5-6-14(16-10-13)21(18,19)17-8-7-12(3)20-4/h5-6,10-12,15,17H,7-9H2,1-4H3. The van der Waals surface area contributed by atoms with Gasteiger partial charge in [-0.15, -0.1) is 0 Å². The van der Waals surface area contributed by atoms with Crippen molar-refractivity contribution in [2.24, 2.45) is 0 Å². The first-order valence-electron chi connectivity index (χ1n) is 7.06. The van der Waals surface area contributed by atoms with Gasteiger partial charge in [-0.05, 0) is 24.3 Å². The molecule has 1 atom stereocenters. The molecule has 0 aromatic carbocycles. The van der Waals surface area contributed by atoms with Gasteiger partial charge in [-0.3, -0.25) is 0 Å². The van der Waals surface area contributed by atoms with E-state index in [1.807, 2.05) is 6.26 Å². The van der Waals surface area contributed by atoms with Crippen LogP contribution in [0.4, 0.5) is 0 Å². The van der Waals surface area contributed by atoms with Gasteiger partial charge in [0.05, 0.1) is 0 Å². The Bertz CT molecular complexity index is 516. The second kappa shape index (κ2) is 8.73. The molecule has 1 unspecified atom stereocenters. The van der Waals surface area contributed by atoms with Crippen molar-refractivity contribution in [3.05, 3.63) is 23.9 Å². The fourth-order valence-corrected chi connectivity index (χ4v) is 2.91. The predicted molar refractivity (Wildman–Crippen MR) is 89.0 cm³/mol. The summed E-state index contributed by atoms with van der Waals surface area (Å²) in [5, 5.41) is 3.78. The second-order valence-electron chi connectivity index (χ2n) is 5.27. The molecule has 0 spiro atoms. The lowest BCUT2D eigenvalue weighted by molar-refractivity contribution is 0.573. The summed E-state index contributed by atoms with van der Waals surface area (Å²) in [5.74, 6) is 0. The van der Waals surface area contributed by atoms with Gasteiger partial charge in [-0.2, -0.15) is 11.8 Å². The summed E-state index contributed by atoms with van der Waals surface area (Å²) in [4.78, 5) is 4.05. The summed E-state index contributed by atoms with van der Waals surface area (Å²) in [6.07, 6.45) is 4.43. The van der Waals surface area contributed by atoms with Crippen LogP contribution in [-0.2, 0) is 16.6 Å². The van der Waals surface area contributed by atoms with E-state index in [-0.39, 0.29) is 5.03 Å². The third-order valence-electron chi connectivity index (χ3n) is 3.03. The summed E-state index contributed by atoms with van der Waals surface area (Å²) in [6, 6.07) is 3.73. The Kier molecular flexibility index (Phi) is 7.65. The monoisotopic (exact) mass is 331 g/mol. The molecule has 0 radical (unpaired) electrons. The number of hydrogen-bond acceptors (Lipinski definition) is 5. The van der Waals surface area contributed by atoms with Crippen molar-refractivity contribution in [2.75, 3.05) is 12.8 Å². The van der Waals surface area contributed by atoms with Gasteiger partial charge in [0, 0.05) is 30.6 Å². The highest BCUT2D eigenvalue weighted by Gasteiger charge is 2.15. The molecular formula is C14H25N3O2S2. The van der Waals surface area contributed by atoms with Crippen molar-refractivity contribution in [3.63, 3.8) is 0 Å². The summed E-state index contributed by atoms with van der Waals surface area (Å²) in [6.45, 7) is 7.32. The maximum atomic E-state index is 12.1. The zero-order chi connectivity index (χ0) is 15.9. The van der Waals surface area contributed by atoms with E-state index in [0.29, 0.717) is 24.4 Å². The van der Waals surface area contributed by atoms with Crippen LogP contribution in [0.1, 0.15) is 32.8 Å². The molecule has 0 aliphatic heterocycles. The average molecular weight is 332 g/mol. The molecule has 2 N–H and O–H groups in total. The Labute approximate surface area is 132 Å². The number of hydrogen-bond donors (Lipinski definition) is 2. The Hall–Kier alpha value is -0.630. The number of nitrogens with zero attached hydrogens (tertiary/aromatic N) is 1. The minimum absolute atomic E-state index is 0.0765. The van der Waals surface area contributed by atoms with Gasteiger partial charge in [0.2, 0.25) is 0 Å². The molecule has 1 aromatic heterocycles. The Morgan fingerprint density at radius 2 is 2.00 bits per heavy atom. The van der Waals surface area contributed by atoms with Gasteiger partial charge in [0.25, 0.3) is 10.0 Å². The number of rotatable bonds is 9. The molecule has 1 aromatic rings. The SMILES string of the molecule is CSC(C)CCNS(=O)(=O)c1ccc(CNC(C)C)cn1. The summed E-state index contributed by atoms with van der Waals surface area (Å²) in [7, 11) is -3.50. The maximum Gasteiger partial charge on any atom is 0.258 e. The van der Waals surface area contributed by atoms with Crippen LogP contribution in [0.15, 0.2) is 23.4 Å². The Morgan fingerprint density at radius 3 is 2.52 bits per heavy atom. The second-order valence-corrected chi connectivity index (χ2v) is 8.26. The fourth-order valence-electron chi connectivity index (χ4n) is 1.58. The van der Waals surface area contributed by atoms with Crippen LogP contribution in [0.3, 0.4) is 0 Å². The number of aromatic nitrogens is 1. The van der Waals surface area contributed by atoms with Crippen molar-refractivity contribution < 1.29 is 8.42 Å². The molecule has 0 amide bonds. The zero-order valence-corrected chi connectivity index (χ0v) is 14.7. The van der Waals surface area contributed by atoms with E-state index in [9.17, 15) is 8.42 Å². The molecule has 1 heterocycles. The summed E-state index contributed by atoms with van der Waals surface area (Å²) in [5.41, 5.74) is 0.971. The smallest absolute Gasteiger partial charge is 0.258 e. The first-order chi connectivity index (χ1) is 9.85. The molecule has 120 valence electrons. The minimum atomic E-state index is -3.50. The van der Waals surface area contributed by atoms with Crippen molar-refractivity contribution in [2.45, 2.75) is 50.1 Å². The lowest BCUT2D eigenvalue weighted by Gasteiger charge is -2.10. The quantitative estimate of drug-likeness (QED) is 0.724. The van der Waals surface area contributed by atoms with E-state index in [1.54, 1.807) is 30.1 Å². The van der Waals surface area contributed by atoms with Crippen LogP contribution in [0, 0.1) is 0 Å². The number of pyridine rings is 1. The van der Waals surface area contributed by atoms with Crippen LogP contribution < -0.4 is 10.0 Å². The van der Waals surface area contributed by atoms with Crippen LogP contribution in [0.5, 0.6) is 0 Å². The minimum Gasteiger partial charge on any atom is -0.310 e. The molecular weight excluding hydrogens is 306 g/mol. The van der Waals surface area contributed by atoms with E-state index in [4.69, 9.17) is 0 Å². The molecule has 0 saturated heterocycles. The van der Waals surface area contributed by atoms with Crippen LogP contribution in [0.25, 0.3) is 0 Å². The van der Waals surface area contributed by atoms with Gasteiger partial charge in [-0.25, -0.2) is 18.1 Å². The first-order valence-corrected chi connectivity index (χ1v) is 9.83. The molecule has 0 aliphatic carbocycles. The molecule has 0 fully saturated rings. The number of sulfonamides is 1. The Morgan fingerprint density at radius 1 is 1.29 bits per heavy atom. The lowest BCUT2D eigenvalue weighted by Crippen LogP contribution is -2.27. The van der Waals surface area contributed by atoms with Crippen LogP contribution in [-0.4, -0.2) is 37.5 Å². The zero-order valence-electron chi connectivity index (χ0n) is 13.1. The van der Waals surface area contributed by atoms with Gasteiger partial charge >= 0.3 is 0 Å². The molecule has 7 heteroatoms. The molecule has 21 heavy (non-hydrogen) atoms. The van der Waals surface area contributed by atoms with Crippen LogP contribution in [0.2, 0.25) is 0 Å². The van der Waals surface area contributed by atoms with Gasteiger partial charge in [0.1, 0.15) is 0 Å². The van der Waals surface area contributed by atoms with Crippen molar-refractivity contribution in [1.29, 1.82) is 0 Å². The predicted octanol–water partition coefficient (Wildman–Crippen LogP) is 2.00. The topological polar surface area (TPSA) is 71.1 Å². The molecule has 1 rings (SSSR count). The Balaban J connectivity index is 2.58. The molecule has 5 nitrogen and oxygen atoms in total. The van der Waals surface area contributed by atoms with Gasteiger partial charge < -0.3 is 5.32 Å².